The minimum Gasteiger partial charge on any atom is -0.379 e. The average molecular weight is 464 g/mol. The van der Waals surface area contributed by atoms with Crippen molar-refractivity contribution in [3.63, 3.8) is 0 Å². The number of benzene rings is 2. The molecule has 1 saturated carbocycles. The van der Waals surface area contributed by atoms with E-state index in [4.69, 9.17) is 15.8 Å². The van der Waals surface area contributed by atoms with Gasteiger partial charge in [0.15, 0.2) is 0 Å². The Balaban J connectivity index is 1.79. The maximum absolute atomic E-state index is 12.9. The highest BCUT2D eigenvalue weighted by molar-refractivity contribution is 7.87. The van der Waals surface area contributed by atoms with Crippen molar-refractivity contribution >= 4 is 27.6 Å². The summed E-state index contributed by atoms with van der Waals surface area (Å²) in [5.41, 5.74) is 1.25. The summed E-state index contributed by atoms with van der Waals surface area (Å²) in [7, 11) is -4.08. The minimum atomic E-state index is -4.08. The van der Waals surface area contributed by atoms with Gasteiger partial charge in [0, 0.05) is 19.5 Å². The van der Waals surface area contributed by atoms with Crippen molar-refractivity contribution in [2.24, 2.45) is 11.3 Å². The highest BCUT2D eigenvalue weighted by Crippen LogP contribution is 2.32. The van der Waals surface area contributed by atoms with Crippen LogP contribution >= 0.6 is 11.6 Å². The Morgan fingerprint density at radius 2 is 1.84 bits per heavy atom. The van der Waals surface area contributed by atoms with Crippen LogP contribution < -0.4 is 4.18 Å². The van der Waals surface area contributed by atoms with E-state index in [1.54, 1.807) is 37.3 Å². The molecule has 0 atom stereocenters. The molecule has 0 spiro atoms. The number of hydrogen-bond donors (Lipinski definition) is 0. The second-order valence-electron chi connectivity index (χ2n) is 9.53. The number of nitrogens with zero attached hydrogens (tertiary/aromatic N) is 1. The summed E-state index contributed by atoms with van der Waals surface area (Å²) in [5.74, 6) is 0.878. The van der Waals surface area contributed by atoms with Gasteiger partial charge < -0.3 is 9.08 Å². The lowest BCUT2D eigenvalue weighted by Crippen LogP contribution is -2.34. The van der Waals surface area contributed by atoms with Crippen LogP contribution in [0.25, 0.3) is 0 Å². The summed E-state index contributed by atoms with van der Waals surface area (Å²) < 4.78 is 31.0. The van der Waals surface area contributed by atoms with E-state index in [1.807, 2.05) is 11.0 Å². The van der Waals surface area contributed by atoms with Crippen molar-refractivity contribution in [3.8, 4) is 5.75 Å². The zero-order valence-electron chi connectivity index (χ0n) is 18.5. The molecule has 7 heteroatoms. The Morgan fingerprint density at radius 3 is 2.45 bits per heavy atom. The first-order valence-corrected chi connectivity index (χ1v) is 12.3. The molecule has 0 heterocycles. The predicted molar refractivity (Wildman–Crippen MR) is 123 cm³/mol. The molecule has 1 aliphatic carbocycles. The quantitative estimate of drug-likeness (QED) is 0.478. The van der Waals surface area contributed by atoms with Gasteiger partial charge in [-0.1, -0.05) is 56.6 Å². The largest absolute Gasteiger partial charge is 0.379 e. The molecule has 1 aliphatic rings. The monoisotopic (exact) mass is 463 g/mol. The lowest BCUT2D eigenvalue weighted by molar-refractivity contribution is -0.134. The Kier molecular flexibility index (Phi) is 7.01. The van der Waals surface area contributed by atoms with Crippen LogP contribution in [0.5, 0.6) is 5.75 Å². The van der Waals surface area contributed by atoms with Gasteiger partial charge in [-0.05, 0) is 60.4 Å². The normalized spacial score (nSPS) is 14.4. The van der Waals surface area contributed by atoms with Crippen LogP contribution in [0, 0.1) is 18.3 Å². The molecule has 2 aromatic rings. The molecule has 0 unspecified atom stereocenters. The first-order valence-electron chi connectivity index (χ1n) is 10.5. The fraction of sp³-hybridized carbons (Fsp3) is 0.458. The Hall–Kier alpha value is -2.05. The average Bonchev–Trinajstić information content (AvgIpc) is 3.43. The molecule has 0 aliphatic heterocycles. The van der Waals surface area contributed by atoms with Crippen molar-refractivity contribution in [1.29, 1.82) is 0 Å². The van der Waals surface area contributed by atoms with Gasteiger partial charge in [0.1, 0.15) is 10.6 Å². The van der Waals surface area contributed by atoms with E-state index in [2.05, 4.69) is 20.8 Å². The third-order valence-corrected chi connectivity index (χ3v) is 6.98. The maximum atomic E-state index is 12.9. The fourth-order valence-electron chi connectivity index (χ4n) is 3.45. The zero-order chi connectivity index (χ0) is 22.8. The van der Waals surface area contributed by atoms with Crippen LogP contribution in [0.15, 0.2) is 47.4 Å². The second-order valence-corrected chi connectivity index (χ2v) is 11.4. The number of halogens is 1. The maximum Gasteiger partial charge on any atom is 0.340 e. The molecule has 5 nitrogen and oxygen atoms in total. The Morgan fingerprint density at radius 1 is 1.16 bits per heavy atom. The Bertz CT molecular complexity index is 1040. The lowest BCUT2D eigenvalue weighted by atomic mass is 9.91. The molecule has 0 saturated heterocycles. The van der Waals surface area contributed by atoms with Crippen molar-refractivity contribution < 1.29 is 17.4 Å². The SMILES string of the molecule is Cc1cccc(Cl)c1S(=O)(=O)Oc1cccc(CN(CC2CC2)C(=O)CC(C)(C)C)c1. The molecule has 3 rings (SSSR count). The van der Waals surface area contributed by atoms with Gasteiger partial charge in [0.05, 0.1) is 5.02 Å². The van der Waals surface area contributed by atoms with Gasteiger partial charge in [-0.3, -0.25) is 4.79 Å². The van der Waals surface area contributed by atoms with Gasteiger partial charge in [-0.15, -0.1) is 0 Å². The smallest absolute Gasteiger partial charge is 0.340 e. The first kappa shape index (κ1) is 23.6. The highest BCUT2D eigenvalue weighted by atomic mass is 35.5. The van der Waals surface area contributed by atoms with Crippen LogP contribution in [-0.4, -0.2) is 25.8 Å². The van der Waals surface area contributed by atoms with Crippen molar-refractivity contribution in [1.82, 2.24) is 4.90 Å². The molecular formula is C24H30ClNO4S. The number of hydrogen-bond acceptors (Lipinski definition) is 4. The standard InChI is InChI=1S/C24H30ClNO4S/c1-17-7-5-10-21(25)23(17)31(28,29)30-20-9-6-8-19(13-20)16-26(15-18-11-12-18)22(27)14-24(2,3)4/h5-10,13,18H,11-12,14-16H2,1-4H3. The van der Waals surface area contributed by atoms with E-state index in [9.17, 15) is 13.2 Å². The molecule has 0 radical (unpaired) electrons. The van der Waals surface area contributed by atoms with Crippen molar-refractivity contribution in [3.05, 3.63) is 58.6 Å². The van der Waals surface area contributed by atoms with Gasteiger partial charge in [0.25, 0.3) is 0 Å². The highest BCUT2D eigenvalue weighted by Gasteiger charge is 2.29. The molecule has 168 valence electrons. The van der Waals surface area contributed by atoms with Gasteiger partial charge in [-0.25, -0.2) is 0 Å². The summed E-state index contributed by atoms with van der Waals surface area (Å²) in [6.45, 7) is 8.99. The summed E-state index contributed by atoms with van der Waals surface area (Å²) in [6, 6.07) is 11.8. The number of aryl methyl sites for hydroxylation is 1. The van der Waals surface area contributed by atoms with E-state index in [0.29, 0.717) is 24.4 Å². The first-order chi connectivity index (χ1) is 14.4. The molecule has 2 aromatic carbocycles. The van der Waals surface area contributed by atoms with Crippen molar-refractivity contribution in [2.75, 3.05) is 6.54 Å². The number of rotatable bonds is 8. The lowest BCUT2D eigenvalue weighted by Gasteiger charge is -2.27. The number of amides is 1. The van der Waals surface area contributed by atoms with Crippen LogP contribution in [0.1, 0.15) is 51.2 Å². The third kappa shape index (κ3) is 6.71. The minimum absolute atomic E-state index is 0.0298. The molecule has 1 fully saturated rings. The third-order valence-electron chi connectivity index (χ3n) is 5.10. The molecule has 0 N–H and O–H groups in total. The summed E-state index contributed by atoms with van der Waals surface area (Å²) in [4.78, 5) is 14.7. The molecule has 0 aromatic heterocycles. The fourth-order valence-corrected chi connectivity index (χ4v) is 5.16. The van der Waals surface area contributed by atoms with E-state index in [1.165, 1.54) is 6.07 Å². The van der Waals surface area contributed by atoms with Crippen molar-refractivity contribution in [2.45, 2.75) is 58.4 Å². The molecule has 1 amide bonds. The van der Waals surface area contributed by atoms with E-state index in [0.717, 1.165) is 24.9 Å². The van der Waals surface area contributed by atoms with E-state index < -0.39 is 10.1 Å². The van der Waals surface area contributed by atoms with Crippen LogP contribution in [-0.2, 0) is 21.5 Å². The van der Waals surface area contributed by atoms with Gasteiger partial charge >= 0.3 is 10.1 Å². The van der Waals surface area contributed by atoms with Crippen LogP contribution in [0.2, 0.25) is 5.02 Å². The van der Waals surface area contributed by atoms with Crippen LogP contribution in [0.4, 0.5) is 0 Å². The Labute approximate surface area is 190 Å². The number of carbonyl (C=O) groups excluding carboxylic acids is 1. The van der Waals surface area contributed by atoms with Gasteiger partial charge in [0.2, 0.25) is 5.91 Å². The summed E-state index contributed by atoms with van der Waals surface area (Å²) in [5, 5.41) is 0.125. The predicted octanol–water partition coefficient (Wildman–Crippen LogP) is 5.59. The molecule has 31 heavy (non-hydrogen) atoms. The summed E-state index contributed by atoms with van der Waals surface area (Å²) in [6.07, 6.45) is 2.77. The summed E-state index contributed by atoms with van der Waals surface area (Å²) >= 11 is 6.12. The van der Waals surface area contributed by atoms with E-state index in [-0.39, 0.29) is 27.0 Å². The number of carbonyl (C=O) groups is 1. The second kappa shape index (κ2) is 9.21. The molecule has 0 bridgehead atoms. The molecular weight excluding hydrogens is 434 g/mol. The van der Waals surface area contributed by atoms with Gasteiger partial charge in [-0.2, -0.15) is 8.42 Å². The topological polar surface area (TPSA) is 63.7 Å². The van der Waals surface area contributed by atoms with E-state index >= 15 is 0 Å². The van der Waals surface area contributed by atoms with Crippen LogP contribution in [0.3, 0.4) is 0 Å². The zero-order valence-corrected chi connectivity index (χ0v) is 20.1.